The zero-order chi connectivity index (χ0) is 13.2. The van der Waals surface area contributed by atoms with Crippen molar-refractivity contribution < 1.29 is 4.52 Å². The van der Waals surface area contributed by atoms with Crippen LogP contribution < -0.4 is 5.32 Å². The Hall–Kier alpha value is -1.62. The van der Waals surface area contributed by atoms with Gasteiger partial charge in [0.05, 0.1) is 0 Å². The molecule has 1 N–H and O–H groups in total. The summed E-state index contributed by atoms with van der Waals surface area (Å²) in [5, 5.41) is 7.23. The maximum Gasteiger partial charge on any atom is 0.246 e. The van der Waals surface area contributed by atoms with Gasteiger partial charge in [-0.3, -0.25) is 0 Å². The fourth-order valence-corrected chi connectivity index (χ4v) is 1.62. The molecule has 2 rings (SSSR count). The first kappa shape index (κ1) is 12.8. The summed E-state index contributed by atoms with van der Waals surface area (Å²) in [7, 11) is 0. The van der Waals surface area contributed by atoms with Crippen molar-refractivity contribution in [1.82, 2.24) is 20.0 Å². The Morgan fingerprint density at radius 1 is 1.39 bits per heavy atom. The molecule has 0 saturated heterocycles. The van der Waals surface area contributed by atoms with E-state index in [1.165, 1.54) is 5.56 Å². The fraction of sp³-hybridized carbons (Fsp3) is 0.538. The van der Waals surface area contributed by atoms with Crippen LogP contribution >= 0.6 is 0 Å². The normalized spacial score (nSPS) is 12.0. The van der Waals surface area contributed by atoms with Crippen molar-refractivity contribution in [2.75, 3.05) is 0 Å². The second kappa shape index (κ2) is 4.94. The highest BCUT2D eigenvalue weighted by atomic mass is 16.5. The van der Waals surface area contributed by atoms with E-state index in [2.05, 4.69) is 48.5 Å². The van der Waals surface area contributed by atoms with E-state index < -0.39 is 0 Å². The van der Waals surface area contributed by atoms with E-state index in [0.29, 0.717) is 18.3 Å². The monoisotopic (exact) mass is 248 g/mol. The van der Waals surface area contributed by atoms with Crippen molar-refractivity contribution in [3.05, 3.63) is 35.7 Å². The minimum absolute atomic E-state index is 0.131. The number of hydrogen-bond donors (Lipinski definition) is 1. The van der Waals surface area contributed by atoms with Crippen LogP contribution in [0, 0.1) is 6.92 Å². The standard InChI is InChI=1S/C13H20N4O/c1-10-15-12(18-16-10)9-17-6-5-11(8-17)7-14-13(2,3)4/h5-6,8,14H,7,9H2,1-4H3. The molecule has 0 atom stereocenters. The number of rotatable bonds is 4. The number of nitrogens with zero attached hydrogens (tertiary/aromatic N) is 3. The van der Waals surface area contributed by atoms with Crippen LogP contribution in [0.5, 0.6) is 0 Å². The van der Waals surface area contributed by atoms with Crippen LogP contribution in [0.4, 0.5) is 0 Å². The largest absolute Gasteiger partial charge is 0.345 e. The predicted octanol–water partition coefficient (Wildman–Crippen LogP) is 2.12. The highest BCUT2D eigenvalue weighted by Crippen LogP contribution is 2.07. The minimum atomic E-state index is 0.131. The van der Waals surface area contributed by atoms with Crippen molar-refractivity contribution in [2.24, 2.45) is 0 Å². The Balaban J connectivity index is 1.94. The van der Waals surface area contributed by atoms with Gasteiger partial charge in [0.15, 0.2) is 5.82 Å². The summed E-state index contributed by atoms with van der Waals surface area (Å²) >= 11 is 0. The van der Waals surface area contributed by atoms with E-state index in [4.69, 9.17) is 4.52 Å². The van der Waals surface area contributed by atoms with Gasteiger partial charge in [0.1, 0.15) is 6.54 Å². The molecule has 0 unspecified atom stereocenters. The molecule has 0 bridgehead atoms. The van der Waals surface area contributed by atoms with Gasteiger partial charge in [0.25, 0.3) is 0 Å². The lowest BCUT2D eigenvalue weighted by Crippen LogP contribution is -2.34. The maximum atomic E-state index is 5.09. The predicted molar refractivity (Wildman–Crippen MR) is 69.2 cm³/mol. The lowest BCUT2D eigenvalue weighted by Gasteiger charge is -2.19. The Morgan fingerprint density at radius 3 is 2.78 bits per heavy atom. The molecule has 0 amide bonds. The first-order valence-corrected chi connectivity index (χ1v) is 6.11. The molecule has 98 valence electrons. The van der Waals surface area contributed by atoms with E-state index in [-0.39, 0.29) is 5.54 Å². The second-order valence-electron chi connectivity index (χ2n) is 5.53. The maximum absolute atomic E-state index is 5.09. The van der Waals surface area contributed by atoms with Crippen molar-refractivity contribution in [3.63, 3.8) is 0 Å². The van der Waals surface area contributed by atoms with Crippen LogP contribution in [0.2, 0.25) is 0 Å². The first-order valence-electron chi connectivity index (χ1n) is 6.11. The van der Waals surface area contributed by atoms with Crippen molar-refractivity contribution in [2.45, 2.75) is 46.3 Å². The highest BCUT2D eigenvalue weighted by molar-refractivity contribution is 5.11. The van der Waals surface area contributed by atoms with Gasteiger partial charge in [-0.2, -0.15) is 4.98 Å². The number of aromatic nitrogens is 3. The summed E-state index contributed by atoms with van der Waals surface area (Å²) in [6.45, 7) is 9.78. The zero-order valence-electron chi connectivity index (χ0n) is 11.4. The lowest BCUT2D eigenvalue weighted by atomic mass is 10.1. The van der Waals surface area contributed by atoms with Gasteiger partial charge in [-0.05, 0) is 39.3 Å². The molecular weight excluding hydrogens is 228 g/mol. The molecular formula is C13H20N4O. The van der Waals surface area contributed by atoms with Crippen LogP contribution in [0.1, 0.15) is 38.0 Å². The average molecular weight is 248 g/mol. The number of aryl methyl sites for hydroxylation is 1. The topological polar surface area (TPSA) is 55.9 Å². The number of hydrogen-bond acceptors (Lipinski definition) is 4. The molecule has 2 aromatic heterocycles. The minimum Gasteiger partial charge on any atom is -0.345 e. The van der Waals surface area contributed by atoms with Crippen LogP contribution in [0.15, 0.2) is 23.0 Å². The summed E-state index contributed by atoms with van der Waals surface area (Å²) in [5.74, 6) is 1.31. The molecule has 2 heterocycles. The molecule has 0 fully saturated rings. The summed E-state index contributed by atoms with van der Waals surface area (Å²) < 4.78 is 7.14. The van der Waals surface area contributed by atoms with E-state index in [0.717, 1.165) is 6.54 Å². The number of nitrogens with one attached hydrogen (secondary N) is 1. The Labute approximate surface area is 107 Å². The van der Waals surface area contributed by atoms with Crippen LogP contribution in [0.3, 0.4) is 0 Å². The van der Waals surface area contributed by atoms with Gasteiger partial charge in [-0.1, -0.05) is 5.16 Å². The average Bonchev–Trinajstić information content (AvgIpc) is 2.85. The van der Waals surface area contributed by atoms with Crippen molar-refractivity contribution in [3.8, 4) is 0 Å². The van der Waals surface area contributed by atoms with E-state index in [9.17, 15) is 0 Å². The molecule has 2 aromatic rings. The van der Waals surface area contributed by atoms with Crippen LogP contribution in [0.25, 0.3) is 0 Å². The molecule has 0 aromatic carbocycles. The van der Waals surface area contributed by atoms with Gasteiger partial charge >= 0.3 is 0 Å². The van der Waals surface area contributed by atoms with Gasteiger partial charge in [-0.15, -0.1) is 0 Å². The Bertz CT molecular complexity index is 507. The molecule has 0 spiro atoms. The third kappa shape index (κ3) is 3.70. The molecule has 5 heteroatoms. The van der Waals surface area contributed by atoms with E-state index in [1.807, 2.05) is 17.7 Å². The highest BCUT2D eigenvalue weighted by Gasteiger charge is 2.09. The Morgan fingerprint density at radius 2 is 2.17 bits per heavy atom. The Kier molecular flexibility index (Phi) is 3.52. The zero-order valence-corrected chi connectivity index (χ0v) is 11.4. The van der Waals surface area contributed by atoms with E-state index >= 15 is 0 Å². The first-order chi connectivity index (χ1) is 8.42. The van der Waals surface area contributed by atoms with Crippen molar-refractivity contribution >= 4 is 0 Å². The summed E-state index contributed by atoms with van der Waals surface area (Å²) in [6, 6.07) is 2.10. The molecule has 5 nitrogen and oxygen atoms in total. The van der Waals surface area contributed by atoms with Crippen molar-refractivity contribution in [1.29, 1.82) is 0 Å². The molecule has 0 aliphatic heterocycles. The quantitative estimate of drug-likeness (QED) is 0.900. The molecule has 0 aliphatic carbocycles. The molecule has 0 saturated carbocycles. The molecule has 0 radical (unpaired) electrons. The molecule has 18 heavy (non-hydrogen) atoms. The lowest BCUT2D eigenvalue weighted by molar-refractivity contribution is 0.367. The van der Waals surface area contributed by atoms with Crippen LogP contribution in [-0.4, -0.2) is 20.2 Å². The fourth-order valence-electron chi connectivity index (χ4n) is 1.62. The van der Waals surface area contributed by atoms with Gasteiger partial charge < -0.3 is 14.4 Å². The molecule has 0 aliphatic rings. The SMILES string of the molecule is Cc1noc(Cn2ccc(CNC(C)(C)C)c2)n1. The smallest absolute Gasteiger partial charge is 0.246 e. The van der Waals surface area contributed by atoms with Crippen LogP contribution in [-0.2, 0) is 13.1 Å². The second-order valence-corrected chi connectivity index (χ2v) is 5.53. The summed E-state index contributed by atoms with van der Waals surface area (Å²) in [6.07, 6.45) is 4.12. The van der Waals surface area contributed by atoms with Gasteiger partial charge in [0.2, 0.25) is 5.89 Å². The third-order valence-corrected chi connectivity index (χ3v) is 2.52. The summed E-state index contributed by atoms with van der Waals surface area (Å²) in [4.78, 5) is 4.19. The van der Waals surface area contributed by atoms with Gasteiger partial charge in [0, 0.05) is 24.5 Å². The van der Waals surface area contributed by atoms with Gasteiger partial charge in [-0.25, -0.2) is 0 Å². The third-order valence-electron chi connectivity index (χ3n) is 2.52. The van der Waals surface area contributed by atoms with E-state index in [1.54, 1.807) is 0 Å². The summed E-state index contributed by atoms with van der Waals surface area (Å²) in [5.41, 5.74) is 1.38.